The van der Waals surface area contributed by atoms with E-state index in [-0.39, 0.29) is 33.5 Å². The van der Waals surface area contributed by atoms with E-state index in [0.29, 0.717) is 10.2 Å². The summed E-state index contributed by atoms with van der Waals surface area (Å²) in [4.78, 5) is 44.2. The fourth-order valence-electron chi connectivity index (χ4n) is 3.59. The number of hydrogen-bond acceptors (Lipinski definition) is 7. The zero-order chi connectivity index (χ0) is 23.2. The zero-order valence-electron chi connectivity index (χ0n) is 17.2. The van der Waals surface area contributed by atoms with Crippen LogP contribution in [0.15, 0.2) is 47.4 Å². The van der Waals surface area contributed by atoms with Gasteiger partial charge in [-0.15, -0.1) is 0 Å². The molecule has 3 amide bonds. The smallest absolute Gasteiger partial charge is 0.262 e. The van der Waals surface area contributed by atoms with E-state index >= 15 is 0 Å². The first-order valence-corrected chi connectivity index (χ1v) is 12.1. The molecular weight excluding hydrogens is 452 g/mol. The van der Waals surface area contributed by atoms with E-state index in [4.69, 9.17) is 5.14 Å². The Kier molecular flexibility index (Phi) is 5.57. The number of amides is 3. The van der Waals surface area contributed by atoms with Gasteiger partial charge in [-0.05, 0) is 42.7 Å². The summed E-state index contributed by atoms with van der Waals surface area (Å²) in [6.45, 7) is 3.79. The van der Waals surface area contributed by atoms with Gasteiger partial charge < -0.3 is 5.32 Å². The molecule has 32 heavy (non-hydrogen) atoms. The first-order valence-electron chi connectivity index (χ1n) is 9.77. The summed E-state index contributed by atoms with van der Waals surface area (Å²) in [5.41, 5.74) is 1.03. The Morgan fingerprint density at radius 3 is 2.31 bits per heavy atom. The van der Waals surface area contributed by atoms with Crippen molar-refractivity contribution in [2.45, 2.75) is 31.2 Å². The lowest BCUT2D eigenvalue weighted by Gasteiger charge is -2.26. The van der Waals surface area contributed by atoms with Gasteiger partial charge in [-0.2, -0.15) is 0 Å². The van der Waals surface area contributed by atoms with Crippen LogP contribution in [-0.4, -0.2) is 42.1 Å². The van der Waals surface area contributed by atoms with Crippen LogP contribution < -0.4 is 10.5 Å². The Morgan fingerprint density at radius 2 is 1.75 bits per heavy atom. The molecule has 4 rings (SSSR count). The highest BCUT2D eigenvalue weighted by atomic mass is 32.2. The van der Waals surface area contributed by atoms with Crippen molar-refractivity contribution in [3.63, 3.8) is 0 Å². The first kappa shape index (κ1) is 22.1. The van der Waals surface area contributed by atoms with Crippen LogP contribution in [0.4, 0.5) is 5.13 Å². The summed E-state index contributed by atoms with van der Waals surface area (Å²) in [7, 11) is -3.87. The molecule has 0 radical (unpaired) electrons. The summed E-state index contributed by atoms with van der Waals surface area (Å²) in [5, 5.41) is 8.08. The Morgan fingerprint density at radius 1 is 1.12 bits per heavy atom. The molecule has 0 saturated carbocycles. The molecule has 2 aromatic carbocycles. The van der Waals surface area contributed by atoms with Crippen LogP contribution in [0, 0.1) is 5.92 Å². The maximum absolute atomic E-state index is 13.2. The zero-order valence-corrected chi connectivity index (χ0v) is 18.9. The third-order valence-corrected chi connectivity index (χ3v) is 6.90. The Bertz CT molecular complexity index is 1330. The maximum atomic E-state index is 13.2. The number of sulfonamides is 1. The number of imide groups is 1. The number of carbonyl (C=O) groups excluding carboxylic acids is 3. The molecule has 166 valence electrons. The molecule has 2 heterocycles. The number of fused-ring (bicyclic) bond motifs is 2. The Balaban J connectivity index is 1.63. The highest BCUT2D eigenvalue weighted by molar-refractivity contribution is 7.89. The second-order valence-corrected chi connectivity index (χ2v) is 10.4. The number of nitrogens with two attached hydrogens (primary N) is 1. The number of thiazole rings is 1. The molecule has 0 saturated heterocycles. The molecule has 3 aromatic rings. The van der Waals surface area contributed by atoms with Crippen molar-refractivity contribution < 1.29 is 22.8 Å². The van der Waals surface area contributed by atoms with Gasteiger partial charge in [-0.25, -0.2) is 18.5 Å². The summed E-state index contributed by atoms with van der Waals surface area (Å²) in [6, 6.07) is 9.67. The SMILES string of the molecule is CC(C)CC(C(=O)Nc1nc2ccc(S(N)(=O)=O)cc2s1)N1C(=O)c2ccccc2C1=O. The van der Waals surface area contributed by atoms with E-state index < -0.39 is 33.8 Å². The van der Waals surface area contributed by atoms with Crippen LogP contribution in [0.2, 0.25) is 0 Å². The predicted octanol–water partition coefficient (Wildman–Crippen LogP) is 2.59. The first-order chi connectivity index (χ1) is 15.1. The van der Waals surface area contributed by atoms with E-state index in [1.807, 2.05) is 13.8 Å². The van der Waals surface area contributed by atoms with Gasteiger partial charge in [0, 0.05) is 0 Å². The van der Waals surface area contributed by atoms with Gasteiger partial charge >= 0.3 is 0 Å². The predicted molar refractivity (Wildman–Crippen MR) is 120 cm³/mol. The monoisotopic (exact) mass is 472 g/mol. The molecule has 0 fully saturated rings. The molecule has 0 aliphatic carbocycles. The standard InChI is InChI=1S/C21H20N4O5S2/c1-11(2)9-16(25-19(27)13-5-3-4-6-14(13)20(25)28)18(26)24-21-23-15-8-7-12(32(22,29)30)10-17(15)31-21/h3-8,10-11,16H,9H2,1-2H3,(H2,22,29,30)(H,23,24,26). The number of hydrogen-bond donors (Lipinski definition) is 2. The molecule has 1 aromatic heterocycles. The average molecular weight is 473 g/mol. The molecule has 1 aliphatic heterocycles. The minimum atomic E-state index is -3.87. The number of carbonyl (C=O) groups is 3. The summed E-state index contributed by atoms with van der Waals surface area (Å²) < 4.78 is 23.7. The summed E-state index contributed by atoms with van der Waals surface area (Å²) in [5.74, 6) is -1.52. The number of benzene rings is 2. The van der Waals surface area contributed by atoms with Gasteiger partial charge in [0.25, 0.3) is 11.8 Å². The summed E-state index contributed by atoms with van der Waals surface area (Å²) in [6.07, 6.45) is 0.276. The lowest BCUT2D eigenvalue weighted by molar-refractivity contribution is -0.120. The average Bonchev–Trinajstić information content (AvgIpc) is 3.23. The molecule has 11 heteroatoms. The molecule has 9 nitrogen and oxygen atoms in total. The van der Waals surface area contributed by atoms with E-state index in [2.05, 4.69) is 10.3 Å². The van der Waals surface area contributed by atoms with E-state index in [1.165, 1.54) is 18.2 Å². The summed E-state index contributed by atoms with van der Waals surface area (Å²) >= 11 is 1.07. The third kappa shape index (κ3) is 4.01. The molecular formula is C21H20N4O5S2. The highest BCUT2D eigenvalue weighted by Crippen LogP contribution is 2.30. The van der Waals surface area contributed by atoms with Crippen molar-refractivity contribution in [3.8, 4) is 0 Å². The normalized spacial score (nSPS) is 14.8. The highest BCUT2D eigenvalue weighted by Gasteiger charge is 2.42. The van der Waals surface area contributed by atoms with E-state index in [1.54, 1.807) is 24.3 Å². The number of anilines is 1. The minimum Gasteiger partial charge on any atom is -0.300 e. The molecule has 3 N–H and O–H groups in total. The Hall–Kier alpha value is -3.15. The van der Waals surface area contributed by atoms with Gasteiger partial charge in [-0.3, -0.25) is 19.3 Å². The lowest BCUT2D eigenvalue weighted by Crippen LogP contribution is -2.47. The van der Waals surface area contributed by atoms with Crippen molar-refractivity contribution in [2.24, 2.45) is 11.1 Å². The van der Waals surface area contributed by atoms with Gasteiger partial charge in [0.1, 0.15) is 6.04 Å². The molecule has 1 aliphatic rings. The van der Waals surface area contributed by atoms with E-state index in [0.717, 1.165) is 16.2 Å². The number of aromatic nitrogens is 1. The van der Waals surface area contributed by atoms with E-state index in [9.17, 15) is 22.8 Å². The van der Waals surface area contributed by atoms with Crippen LogP contribution in [0.1, 0.15) is 41.0 Å². The van der Waals surface area contributed by atoms with Gasteiger partial charge in [0.2, 0.25) is 15.9 Å². The lowest BCUT2D eigenvalue weighted by atomic mass is 10.0. The molecule has 1 unspecified atom stereocenters. The van der Waals surface area contributed by atoms with Gasteiger partial charge in [0.15, 0.2) is 5.13 Å². The Labute approximate surface area is 188 Å². The van der Waals surface area contributed by atoms with Crippen LogP contribution in [-0.2, 0) is 14.8 Å². The van der Waals surface area contributed by atoms with Crippen LogP contribution in [0.5, 0.6) is 0 Å². The van der Waals surface area contributed by atoms with Gasteiger partial charge in [-0.1, -0.05) is 37.3 Å². The van der Waals surface area contributed by atoms with Crippen molar-refractivity contribution in [2.75, 3.05) is 5.32 Å². The van der Waals surface area contributed by atoms with Crippen LogP contribution in [0.25, 0.3) is 10.2 Å². The van der Waals surface area contributed by atoms with Crippen LogP contribution >= 0.6 is 11.3 Å². The molecule has 0 bridgehead atoms. The van der Waals surface area contributed by atoms with Crippen LogP contribution in [0.3, 0.4) is 0 Å². The number of nitrogens with one attached hydrogen (secondary N) is 1. The maximum Gasteiger partial charge on any atom is 0.262 e. The topological polar surface area (TPSA) is 140 Å². The fourth-order valence-corrected chi connectivity index (χ4v) is 5.11. The molecule has 1 atom stereocenters. The van der Waals surface area contributed by atoms with Crippen molar-refractivity contribution in [1.82, 2.24) is 9.88 Å². The second kappa shape index (κ2) is 8.08. The van der Waals surface area contributed by atoms with Crippen molar-refractivity contribution >= 4 is 54.4 Å². The fraction of sp³-hybridized carbons (Fsp3) is 0.238. The minimum absolute atomic E-state index is 0.0303. The quantitative estimate of drug-likeness (QED) is 0.529. The molecule has 0 spiro atoms. The number of nitrogens with zero attached hydrogens (tertiary/aromatic N) is 2. The van der Waals surface area contributed by atoms with Crippen molar-refractivity contribution in [3.05, 3.63) is 53.6 Å². The largest absolute Gasteiger partial charge is 0.300 e. The number of primary sulfonamides is 1. The number of rotatable bonds is 6. The van der Waals surface area contributed by atoms with Gasteiger partial charge in [0.05, 0.1) is 26.2 Å². The second-order valence-electron chi connectivity index (χ2n) is 7.85. The van der Waals surface area contributed by atoms with Crippen molar-refractivity contribution in [1.29, 1.82) is 0 Å². The third-order valence-electron chi connectivity index (χ3n) is 5.05.